The van der Waals surface area contributed by atoms with Crippen LogP contribution >= 0.6 is 0 Å². The molecule has 9 atom stereocenters. The van der Waals surface area contributed by atoms with Gasteiger partial charge in [-0.2, -0.15) is 0 Å². The lowest BCUT2D eigenvalue weighted by Gasteiger charge is -2.28. The van der Waals surface area contributed by atoms with Crippen molar-refractivity contribution in [2.75, 3.05) is 39.9 Å². The van der Waals surface area contributed by atoms with Gasteiger partial charge in [-0.15, -0.1) is 0 Å². The average Bonchev–Trinajstić information content (AvgIpc) is 2.87. The van der Waals surface area contributed by atoms with Gasteiger partial charge in [0.05, 0.1) is 55.9 Å². The van der Waals surface area contributed by atoms with E-state index in [2.05, 4.69) is 0 Å². The summed E-state index contributed by atoms with van der Waals surface area (Å²) >= 11 is 0. The molecule has 0 aliphatic carbocycles. The van der Waals surface area contributed by atoms with E-state index in [0.717, 1.165) is 12.0 Å². The first-order chi connectivity index (χ1) is 18.2. The van der Waals surface area contributed by atoms with Crippen LogP contribution in [0.4, 0.5) is 0 Å². The number of hydrogen-bond acceptors (Lipinski definition) is 12. The van der Waals surface area contributed by atoms with Crippen molar-refractivity contribution in [1.82, 2.24) is 4.90 Å². The average molecular weight is 571 g/mol. The third-order valence-corrected chi connectivity index (χ3v) is 6.60. The largest absolute Gasteiger partial charge is 0.394 e. The van der Waals surface area contributed by atoms with Gasteiger partial charge in [0.2, 0.25) is 0 Å². The minimum Gasteiger partial charge on any atom is -0.394 e. The van der Waals surface area contributed by atoms with Crippen molar-refractivity contribution < 1.29 is 50.7 Å². The molecule has 1 fully saturated rings. The van der Waals surface area contributed by atoms with Crippen LogP contribution in [0.1, 0.15) is 66.2 Å². The Morgan fingerprint density at radius 2 is 1.62 bits per heavy atom. The Hall–Kier alpha value is -0.740. The van der Waals surface area contributed by atoms with E-state index in [1.807, 2.05) is 45.7 Å². The lowest BCUT2D eigenvalue weighted by Crippen LogP contribution is -2.41. The van der Waals surface area contributed by atoms with Crippen LogP contribution in [0.3, 0.4) is 0 Å². The maximum Gasteiger partial charge on any atom is 0.157 e. The zero-order valence-electron chi connectivity index (χ0n) is 24.5. The van der Waals surface area contributed by atoms with Crippen molar-refractivity contribution in [2.24, 2.45) is 11.7 Å². The number of rotatable bonds is 15. The molecule has 0 aromatic heterocycles. The summed E-state index contributed by atoms with van der Waals surface area (Å²) in [5.74, 6) is 0.138. The topological polar surface area (TPSA) is 221 Å². The van der Waals surface area contributed by atoms with Gasteiger partial charge < -0.3 is 61.3 Å². The van der Waals surface area contributed by atoms with Gasteiger partial charge in [-0.05, 0) is 33.2 Å². The Labute approximate surface area is 234 Å². The summed E-state index contributed by atoms with van der Waals surface area (Å²) in [6, 6.07) is 0. The third-order valence-electron chi connectivity index (χ3n) is 6.60. The minimum absolute atomic E-state index is 0.138. The summed E-state index contributed by atoms with van der Waals surface area (Å²) in [5.41, 5.74) is 6.48. The summed E-state index contributed by atoms with van der Waals surface area (Å²) in [5, 5.41) is 82.6. The van der Waals surface area contributed by atoms with Crippen LogP contribution in [-0.4, -0.2) is 140 Å². The summed E-state index contributed by atoms with van der Waals surface area (Å²) in [4.78, 5) is 1.86. The molecule has 39 heavy (non-hydrogen) atoms. The molecule has 0 aromatic rings. The number of allylic oxidation sites excluding steroid dienone is 1. The molecule has 0 spiro atoms. The van der Waals surface area contributed by atoms with Crippen molar-refractivity contribution in [3.63, 3.8) is 0 Å². The summed E-state index contributed by atoms with van der Waals surface area (Å²) in [6.45, 7) is 8.90. The van der Waals surface area contributed by atoms with Crippen molar-refractivity contribution in [3.05, 3.63) is 11.6 Å². The van der Waals surface area contributed by atoms with E-state index >= 15 is 0 Å². The molecule has 0 bridgehead atoms. The molecule has 3 unspecified atom stereocenters. The second kappa shape index (κ2) is 23.9. The SMILES string of the molecule is CC=C(C)C[C@@H](O)CC(O)CO.CCC(C)[C@@H](O)C[C@H](O)C(O)CN(C)CCN.OC[C@@H]1C[C@H](O)C[C@H](O)O1. The molecule has 0 amide bonds. The Morgan fingerprint density at radius 1 is 1.00 bits per heavy atom. The fraction of sp³-hybridized carbons (Fsp3) is 0.926. The lowest BCUT2D eigenvalue weighted by molar-refractivity contribution is -0.197. The third kappa shape index (κ3) is 21.6. The van der Waals surface area contributed by atoms with Crippen molar-refractivity contribution in [2.45, 2.75) is 115 Å². The van der Waals surface area contributed by atoms with E-state index in [1.54, 1.807) is 0 Å². The number of nitrogens with zero attached hydrogens (tertiary/aromatic N) is 1. The first-order valence-corrected chi connectivity index (χ1v) is 13.9. The molecule has 11 N–H and O–H groups in total. The van der Waals surface area contributed by atoms with Gasteiger partial charge in [0.1, 0.15) is 0 Å². The molecule has 1 aliphatic rings. The van der Waals surface area contributed by atoms with Gasteiger partial charge >= 0.3 is 0 Å². The van der Waals surface area contributed by atoms with Gasteiger partial charge in [0, 0.05) is 45.3 Å². The molecule has 1 saturated heterocycles. The molecule has 1 heterocycles. The fourth-order valence-corrected chi connectivity index (χ4v) is 3.71. The predicted octanol–water partition coefficient (Wildman–Crippen LogP) is -1.32. The highest BCUT2D eigenvalue weighted by atomic mass is 16.6. The van der Waals surface area contributed by atoms with Crippen LogP contribution < -0.4 is 5.73 Å². The van der Waals surface area contributed by atoms with E-state index in [9.17, 15) is 20.4 Å². The summed E-state index contributed by atoms with van der Waals surface area (Å²) < 4.78 is 4.85. The smallest absolute Gasteiger partial charge is 0.157 e. The molecule has 0 saturated carbocycles. The number of likely N-dealkylation sites (N-methyl/N-ethyl adjacent to an activating group) is 1. The molecule has 1 rings (SSSR count). The highest BCUT2D eigenvalue weighted by molar-refractivity contribution is 4.97. The molecule has 236 valence electrons. The highest BCUT2D eigenvalue weighted by Crippen LogP contribution is 2.17. The van der Waals surface area contributed by atoms with Gasteiger partial charge in [-0.25, -0.2) is 0 Å². The molecule has 0 aromatic carbocycles. The number of hydrogen-bond donors (Lipinski definition) is 10. The zero-order valence-corrected chi connectivity index (χ0v) is 24.5. The minimum atomic E-state index is -0.916. The predicted molar refractivity (Wildman–Crippen MR) is 150 cm³/mol. The Kier molecular flexibility index (Phi) is 24.8. The number of aliphatic hydroxyl groups is 9. The number of ether oxygens (including phenoxy) is 1. The highest BCUT2D eigenvalue weighted by Gasteiger charge is 2.26. The first kappa shape index (κ1) is 40.4. The molecule has 0 radical (unpaired) electrons. The van der Waals surface area contributed by atoms with Crippen molar-refractivity contribution in [3.8, 4) is 0 Å². The normalized spacial score (nSPS) is 24.4. The van der Waals surface area contributed by atoms with Crippen LogP contribution in [0.2, 0.25) is 0 Å². The molecule has 12 heteroatoms. The molecule has 12 nitrogen and oxygen atoms in total. The van der Waals surface area contributed by atoms with Crippen LogP contribution in [0.25, 0.3) is 0 Å². The first-order valence-electron chi connectivity index (χ1n) is 13.9. The van der Waals surface area contributed by atoms with Crippen molar-refractivity contribution >= 4 is 0 Å². The Balaban J connectivity index is 0. The maximum absolute atomic E-state index is 9.78. The van der Waals surface area contributed by atoms with E-state index in [0.29, 0.717) is 32.5 Å². The van der Waals surface area contributed by atoms with Crippen LogP contribution in [0, 0.1) is 5.92 Å². The van der Waals surface area contributed by atoms with Gasteiger partial charge in [0.25, 0.3) is 0 Å². The quantitative estimate of drug-likeness (QED) is 0.104. The summed E-state index contributed by atoms with van der Waals surface area (Å²) in [6.07, 6.45) is -1.06. The molecular weight excluding hydrogens is 512 g/mol. The van der Waals surface area contributed by atoms with E-state index in [1.165, 1.54) is 0 Å². The number of nitrogens with two attached hydrogens (primary N) is 1. The Bertz CT molecular complexity index is 591. The van der Waals surface area contributed by atoms with Gasteiger partial charge in [-0.3, -0.25) is 0 Å². The zero-order chi connectivity index (χ0) is 30.5. The van der Waals surface area contributed by atoms with Crippen molar-refractivity contribution in [1.29, 1.82) is 0 Å². The molecule has 1 aliphatic heterocycles. The van der Waals surface area contributed by atoms with Gasteiger partial charge in [0.15, 0.2) is 6.29 Å². The molecular formula is C27H58N2O10. The van der Waals surface area contributed by atoms with Crippen LogP contribution in [-0.2, 0) is 4.74 Å². The monoisotopic (exact) mass is 570 g/mol. The van der Waals surface area contributed by atoms with E-state index in [4.69, 9.17) is 36.0 Å². The van der Waals surface area contributed by atoms with Gasteiger partial charge in [-0.1, -0.05) is 31.9 Å². The second-order valence-electron chi connectivity index (χ2n) is 10.5. The van der Waals surface area contributed by atoms with E-state index in [-0.39, 0.29) is 38.4 Å². The number of aliphatic hydroxyl groups excluding tert-OH is 9. The maximum atomic E-state index is 9.78. The van der Waals surface area contributed by atoms with E-state index < -0.39 is 49.0 Å². The van der Waals surface area contributed by atoms with Crippen LogP contribution in [0.5, 0.6) is 0 Å². The lowest BCUT2D eigenvalue weighted by atomic mass is 9.95. The Morgan fingerprint density at radius 3 is 2.08 bits per heavy atom. The standard InChI is InChI=1S/C12H28N2O3.C9H18O3.C6H12O4/c1-4-9(2)10(15)7-11(16)12(17)8-14(3)6-5-13;1-3-7(2)4-8(11)5-9(12)6-10;7-3-5-1-4(8)2-6(9)10-5/h9-12,15-17H,4-8,13H2,1-3H3;3,8-12H,4-6H2,1-2H3;4-9H,1-3H2/t9?,10-,11-,12?;8-,9?;4-,5-,6+/m010/s1. The fourth-order valence-electron chi connectivity index (χ4n) is 3.71. The second-order valence-corrected chi connectivity index (χ2v) is 10.5. The summed E-state index contributed by atoms with van der Waals surface area (Å²) in [7, 11) is 1.84. The van der Waals surface area contributed by atoms with Crippen LogP contribution in [0.15, 0.2) is 11.6 Å².